The maximum Gasteiger partial charge on any atom is 0.416 e. The van der Waals surface area contributed by atoms with E-state index >= 15 is 0 Å². The Labute approximate surface area is 120 Å². The quantitative estimate of drug-likeness (QED) is 0.890. The topological polar surface area (TPSA) is 29.1 Å². The van der Waals surface area contributed by atoms with Crippen LogP contribution in [0.1, 0.15) is 24.0 Å². The minimum atomic E-state index is -4.42. The molecule has 0 saturated heterocycles. The predicted molar refractivity (Wildman–Crippen MR) is 74.9 cm³/mol. The average molecular weight is 293 g/mol. The second-order valence-corrected chi connectivity index (χ2v) is 4.70. The first-order valence-corrected chi connectivity index (χ1v) is 6.41. The molecule has 2 rings (SSSR count). The molecule has 1 amide bonds. The molecule has 0 heterocycles. The summed E-state index contributed by atoms with van der Waals surface area (Å²) in [5.74, 6) is -0.790. The SMILES string of the molecule is CC(C(=O)Nc1cccc(C(F)(F)F)c1)c1ccccc1. The van der Waals surface area contributed by atoms with Crippen molar-refractivity contribution in [3.05, 3.63) is 65.7 Å². The van der Waals surface area contributed by atoms with E-state index < -0.39 is 17.7 Å². The van der Waals surface area contributed by atoms with Gasteiger partial charge >= 0.3 is 6.18 Å². The van der Waals surface area contributed by atoms with Crippen LogP contribution in [0, 0.1) is 0 Å². The number of hydrogen-bond donors (Lipinski definition) is 1. The third-order valence-corrected chi connectivity index (χ3v) is 3.15. The molecule has 0 spiro atoms. The van der Waals surface area contributed by atoms with Crippen LogP contribution in [0.15, 0.2) is 54.6 Å². The van der Waals surface area contributed by atoms with E-state index in [4.69, 9.17) is 0 Å². The number of alkyl halides is 3. The highest BCUT2D eigenvalue weighted by Gasteiger charge is 2.30. The number of benzene rings is 2. The standard InChI is InChI=1S/C16H14F3NO/c1-11(12-6-3-2-4-7-12)15(21)20-14-9-5-8-13(10-14)16(17,18)19/h2-11H,1H3,(H,20,21). The molecule has 0 bridgehead atoms. The molecule has 5 heteroatoms. The van der Waals surface area contributed by atoms with Gasteiger partial charge in [0.25, 0.3) is 0 Å². The number of nitrogens with one attached hydrogen (secondary N) is 1. The first-order valence-electron chi connectivity index (χ1n) is 6.41. The van der Waals surface area contributed by atoms with Gasteiger partial charge in [-0.15, -0.1) is 0 Å². The molecular weight excluding hydrogens is 279 g/mol. The van der Waals surface area contributed by atoms with Crippen LogP contribution in [-0.4, -0.2) is 5.91 Å². The fraction of sp³-hybridized carbons (Fsp3) is 0.188. The van der Waals surface area contributed by atoms with E-state index in [0.29, 0.717) is 0 Å². The summed E-state index contributed by atoms with van der Waals surface area (Å²) in [5.41, 5.74) is 0.159. The van der Waals surface area contributed by atoms with Gasteiger partial charge in [-0.05, 0) is 30.7 Å². The number of carbonyl (C=O) groups is 1. The second-order valence-electron chi connectivity index (χ2n) is 4.70. The van der Waals surface area contributed by atoms with Crippen molar-refractivity contribution >= 4 is 11.6 Å². The van der Waals surface area contributed by atoms with E-state index in [1.165, 1.54) is 12.1 Å². The molecule has 0 aliphatic rings. The van der Waals surface area contributed by atoms with Crippen molar-refractivity contribution in [2.45, 2.75) is 19.0 Å². The Balaban J connectivity index is 2.13. The zero-order chi connectivity index (χ0) is 15.5. The zero-order valence-corrected chi connectivity index (χ0v) is 11.3. The number of hydrogen-bond acceptors (Lipinski definition) is 1. The third-order valence-electron chi connectivity index (χ3n) is 3.15. The predicted octanol–water partition coefficient (Wildman–Crippen LogP) is 4.45. The average Bonchev–Trinajstić information content (AvgIpc) is 2.47. The minimum Gasteiger partial charge on any atom is -0.326 e. The Hall–Kier alpha value is -2.30. The largest absolute Gasteiger partial charge is 0.416 e. The van der Waals surface area contributed by atoms with Crippen LogP contribution in [-0.2, 0) is 11.0 Å². The number of halogens is 3. The Morgan fingerprint density at radius 3 is 2.33 bits per heavy atom. The van der Waals surface area contributed by atoms with Gasteiger partial charge in [-0.1, -0.05) is 36.4 Å². The molecule has 0 fully saturated rings. The first kappa shape index (κ1) is 15.1. The van der Waals surface area contributed by atoms with E-state index in [1.807, 2.05) is 18.2 Å². The lowest BCUT2D eigenvalue weighted by Crippen LogP contribution is -2.19. The van der Waals surface area contributed by atoms with Gasteiger partial charge < -0.3 is 5.32 Å². The van der Waals surface area contributed by atoms with Crippen molar-refractivity contribution in [3.63, 3.8) is 0 Å². The normalized spacial score (nSPS) is 12.8. The summed E-state index contributed by atoms with van der Waals surface area (Å²) < 4.78 is 37.8. The summed E-state index contributed by atoms with van der Waals surface area (Å²) in [6.45, 7) is 1.71. The fourth-order valence-corrected chi connectivity index (χ4v) is 1.92. The van der Waals surface area contributed by atoms with Gasteiger partial charge in [-0.2, -0.15) is 13.2 Å². The van der Waals surface area contributed by atoms with Crippen LogP contribution in [0.4, 0.5) is 18.9 Å². The molecule has 0 radical (unpaired) electrons. The van der Waals surface area contributed by atoms with Crippen molar-refractivity contribution in [1.29, 1.82) is 0 Å². The maximum absolute atomic E-state index is 12.6. The van der Waals surface area contributed by atoms with Gasteiger partial charge in [-0.3, -0.25) is 4.79 Å². The van der Waals surface area contributed by atoms with Crippen molar-refractivity contribution in [2.24, 2.45) is 0 Å². The van der Waals surface area contributed by atoms with E-state index in [1.54, 1.807) is 19.1 Å². The molecular formula is C16H14F3NO. The Morgan fingerprint density at radius 1 is 1.05 bits per heavy atom. The molecule has 2 aromatic rings. The highest BCUT2D eigenvalue weighted by Crippen LogP contribution is 2.30. The first-order chi connectivity index (χ1) is 9.88. The molecule has 2 nitrogen and oxygen atoms in total. The molecule has 0 saturated carbocycles. The second kappa shape index (κ2) is 5.99. The molecule has 1 N–H and O–H groups in total. The number of amides is 1. The monoisotopic (exact) mass is 293 g/mol. The smallest absolute Gasteiger partial charge is 0.326 e. The van der Waals surface area contributed by atoms with Crippen molar-refractivity contribution in [1.82, 2.24) is 0 Å². The summed E-state index contributed by atoms with van der Waals surface area (Å²) >= 11 is 0. The van der Waals surface area contributed by atoms with Crippen LogP contribution >= 0.6 is 0 Å². The van der Waals surface area contributed by atoms with Crippen LogP contribution in [0.3, 0.4) is 0 Å². The maximum atomic E-state index is 12.6. The van der Waals surface area contributed by atoms with E-state index in [-0.39, 0.29) is 11.6 Å². The summed E-state index contributed by atoms with van der Waals surface area (Å²) in [6, 6.07) is 13.7. The van der Waals surface area contributed by atoms with Crippen molar-refractivity contribution < 1.29 is 18.0 Å². The van der Waals surface area contributed by atoms with Gasteiger partial charge in [-0.25, -0.2) is 0 Å². The van der Waals surface area contributed by atoms with Crippen molar-refractivity contribution in [2.75, 3.05) is 5.32 Å². The van der Waals surface area contributed by atoms with Crippen LogP contribution < -0.4 is 5.32 Å². The number of rotatable bonds is 3. The lowest BCUT2D eigenvalue weighted by Gasteiger charge is -2.14. The summed E-state index contributed by atoms with van der Waals surface area (Å²) in [5, 5.41) is 2.51. The zero-order valence-electron chi connectivity index (χ0n) is 11.3. The molecule has 110 valence electrons. The Bertz CT molecular complexity index is 623. The van der Waals surface area contributed by atoms with Crippen LogP contribution in [0.2, 0.25) is 0 Å². The lowest BCUT2D eigenvalue weighted by atomic mass is 10.0. The molecule has 21 heavy (non-hydrogen) atoms. The highest BCUT2D eigenvalue weighted by atomic mass is 19.4. The Kier molecular flexibility index (Phi) is 4.31. The molecule has 1 unspecified atom stereocenters. The fourth-order valence-electron chi connectivity index (χ4n) is 1.92. The van der Waals surface area contributed by atoms with Gasteiger partial charge in [0.05, 0.1) is 11.5 Å². The Morgan fingerprint density at radius 2 is 1.71 bits per heavy atom. The van der Waals surface area contributed by atoms with Gasteiger partial charge in [0, 0.05) is 5.69 Å². The summed E-state index contributed by atoms with van der Waals surface area (Å²) in [6.07, 6.45) is -4.42. The molecule has 0 aliphatic carbocycles. The van der Waals surface area contributed by atoms with Crippen LogP contribution in [0.25, 0.3) is 0 Å². The van der Waals surface area contributed by atoms with Gasteiger partial charge in [0.15, 0.2) is 0 Å². The van der Waals surface area contributed by atoms with Gasteiger partial charge in [0.2, 0.25) is 5.91 Å². The third kappa shape index (κ3) is 3.84. The van der Waals surface area contributed by atoms with Crippen LogP contribution in [0.5, 0.6) is 0 Å². The van der Waals surface area contributed by atoms with Crippen molar-refractivity contribution in [3.8, 4) is 0 Å². The minimum absolute atomic E-state index is 0.137. The molecule has 0 aliphatic heterocycles. The molecule has 2 aromatic carbocycles. The molecule has 1 atom stereocenters. The summed E-state index contributed by atoms with van der Waals surface area (Å²) in [7, 11) is 0. The van der Waals surface area contributed by atoms with E-state index in [9.17, 15) is 18.0 Å². The van der Waals surface area contributed by atoms with Gasteiger partial charge in [0.1, 0.15) is 0 Å². The van der Waals surface area contributed by atoms with E-state index in [0.717, 1.165) is 17.7 Å². The summed E-state index contributed by atoms with van der Waals surface area (Å²) in [4.78, 5) is 12.1. The number of carbonyl (C=O) groups excluding carboxylic acids is 1. The molecule has 0 aromatic heterocycles. The lowest BCUT2D eigenvalue weighted by molar-refractivity contribution is -0.137. The number of anilines is 1. The highest BCUT2D eigenvalue weighted by molar-refractivity contribution is 5.95. The van der Waals surface area contributed by atoms with E-state index in [2.05, 4.69) is 5.32 Å².